The number of carbonyl (C=O) groups excluding carboxylic acids is 1. The normalized spacial score (nSPS) is 11.8. The van der Waals surface area contributed by atoms with Crippen molar-refractivity contribution in [1.29, 1.82) is 0 Å². The average Bonchev–Trinajstić information content (AvgIpc) is 2.71. The molecule has 0 atom stereocenters. The number of rotatable bonds is 4. The molecule has 1 N–H and O–H groups in total. The second-order valence-electron chi connectivity index (χ2n) is 4.66. The van der Waals surface area contributed by atoms with Crippen LogP contribution in [-0.4, -0.2) is 39.5 Å². The number of aromatic nitrogens is 1. The maximum atomic E-state index is 12.7. The molecular formula is C12H15F3N2O3. The Morgan fingerprint density at radius 2 is 1.90 bits per heavy atom. The molecule has 0 aliphatic heterocycles. The topological polar surface area (TPSA) is 62.5 Å². The number of hydrogen-bond donors (Lipinski definition) is 1. The van der Waals surface area contributed by atoms with E-state index in [0.29, 0.717) is 6.20 Å². The lowest BCUT2D eigenvalue weighted by Crippen LogP contribution is -2.35. The fourth-order valence-corrected chi connectivity index (χ4v) is 1.55. The summed E-state index contributed by atoms with van der Waals surface area (Å²) in [5, 5.41) is 8.77. The van der Waals surface area contributed by atoms with E-state index in [4.69, 9.17) is 5.11 Å². The van der Waals surface area contributed by atoms with Gasteiger partial charge in [-0.1, -0.05) is 0 Å². The van der Waals surface area contributed by atoms with Gasteiger partial charge in [-0.2, -0.15) is 13.2 Å². The zero-order valence-corrected chi connectivity index (χ0v) is 11.2. The molecule has 1 amide bonds. The van der Waals surface area contributed by atoms with Gasteiger partial charge >= 0.3 is 12.1 Å². The predicted molar refractivity (Wildman–Crippen MR) is 64.3 cm³/mol. The Bertz CT molecular complexity index is 521. The maximum Gasteiger partial charge on any atom is 0.418 e. The Labute approximate surface area is 113 Å². The largest absolute Gasteiger partial charge is 0.478 e. The summed E-state index contributed by atoms with van der Waals surface area (Å²) in [6, 6.07) is -0.0981. The average molecular weight is 292 g/mol. The minimum absolute atomic E-state index is 0.0981. The highest BCUT2D eigenvalue weighted by Gasteiger charge is 2.37. The predicted octanol–water partition coefficient (Wildman–Crippen LogP) is 2.07. The molecule has 5 nitrogen and oxygen atoms in total. The van der Waals surface area contributed by atoms with Gasteiger partial charge in [0.05, 0.1) is 11.1 Å². The molecule has 1 aromatic rings. The molecule has 0 bridgehead atoms. The first-order chi connectivity index (χ1) is 9.04. The Balaban J connectivity index is 3.05. The van der Waals surface area contributed by atoms with E-state index < -0.39 is 29.2 Å². The van der Waals surface area contributed by atoms with Crippen molar-refractivity contribution in [2.45, 2.75) is 32.6 Å². The van der Waals surface area contributed by atoms with E-state index in [1.165, 1.54) is 11.9 Å². The Hall–Kier alpha value is -1.99. The second kappa shape index (κ2) is 5.56. The number of likely N-dealkylation sites (N-methyl/N-ethyl adjacent to an activating group) is 1. The van der Waals surface area contributed by atoms with Crippen molar-refractivity contribution < 1.29 is 27.9 Å². The monoisotopic (exact) mass is 292 g/mol. The summed E-state index contributed by atoms with van der Waals surface area (Å²) in [6.07, 6.45) is -3.32. The van der Waals surface area contributed by atoms with Gasteiger partial charge in [-0.05, 0) is 13.8 Å². The number of aromatic carboxylic acids is 1. The van der Waals surface area contributed by atoms with Crippen LogP contribution in [0.4, 0.5) is 13.2 Å². The van der Waals surface area contributed by atoms with Gasteiger partial charge in [0, 0.05) is 25.5 Å². The lowest BCUT2D eigenvalue weighted by Gasteiger charge is -2.21. The highest BCUT2D eigenvalue weighted by molar-refractivity contribution is 5.89. The number of hydrogen-bond acceptors (Lipinski definition) is 2. The van der Waals surface area contributed by atoms with Crippen LogP contribution in [0.25, 0.3) is 0 Å². The number of nitrogens with zero attached hydrogens (tertiary/aromatic N) is 2. The maximum absolute atomic E-state index is 12.7. The van der Waals surface area contributed by atoms with E-state index in [-0.39, 0.29) is 12.6 Å². The van der Waals surface area contributed by atoms with Gasteiger partial charge in [0.2, 0.25) is 5.91 Å². The number of carboxylic acid groups (broad SMARTS) is 1. The molecule has 20 heavy (non-hydrogen) atoms. The number of halogens is 3. The van der Waals surface area contributed by atoms with E-state index in [2.05, 4.69) is 0 Å². The van der Waals surface area contributed by atoms with Crippen LogP contribution in [0.15, 0.2) is 12.4 Å². The van der Waals surface area contributed by atoms with Gasteiger partial charge in [-0.3, -0.25) is 4.79 Å². The molecule has 0 spiro atoms. The van der Waals surface area contributed by atoms with Crippen molar-refractivity contribution in [3.63, 3.8) is 0 Å². The molecule has 112 valence electrons. The third kappa shape index (κ3) is 3.52. The lowest BCUT2D eigenvalue weighted by molar-refractivity contribution is -0.138. The second-order valence-corrected chi connectivity index (χ2v) is 4.66. The van der Waals surface area contributed by atoms with E-state index in [1.807, 2.05) is 0 Å². The van der Waals surface area contributed by atoms with Crippen LogP contribution in [0.5, 0.6) is 0 Å². The standard InChI is InChI=1S/C12H15F3N2O3/c1-7(2)16(3)10(18)6-17-4-8(11(19)20)9(5-17)12(13,14)15/h4-5,7H,6H2,1-3H3,(H,19,20). The molecule has 1 rings (SSSR count). The van der Waals surface area contributed by atoms with Gasteiger partial charge in [0.25, 0.3) is 0 Å². The molecular weight excluding hydrogens is 277 g/mol. The van der Waals surface area contributed by atoms with E-state index in [1.54, 1.807) is 13.8 Å². The van der Waals surface area contributed by atoms with Gasteiger partial charge in [-0.15, -0.1) is 0 Å². The first-order valence-corrected chi connectivity index (χ1v) is 5.80. The van der Waals surface area contributed by atoms with Crippen molar-refractivity contribution in [3.05, 3.63) is 23.5 Å². The third-order valence-electron chi connectivity index (χ3n) is 2.90. The first-order valence-electron chi connectivity index (χ1n) is 5.80. The molecule has 0 unspecified atom stereocenters. The fourth-order valence-electron chi connectivity index (χ4n) is 1.55. The van der Waals surface area contributed by atoms with Crippen molar-refractivity contribution >= 4 is 11.9 Å². The first kappa shape index (κ1) is 16.1. The zero-order valence-electron chi connectivity index (χ0n) is 11.2. The lowest BCUT2D eigenvalue weighted by atomic mass is 10.2. The third-order valence-corrected chi connectivity index (χ3v) is 2.90. The van der Waals surface area contributed by atoms with E-state index >= 15 is 0 Å². The molecule has 0 saturated heterocycles. The molecule has 1 heterocycles. The van der Waals surface area contributed by atoms with Crippen molar-refractivity contribution in [2.75, 3.05) is 7.05 Å². The Kier molecular flexibility index (Phi) is 4.46. The van der Waals surface area contributed by atoms with Crippen LogP contribution in [0, 0.1) is 0 Å². The summed E-state index contributed by atoms with van der Waals surface area (Å²) < 4.78 is 39.0. The van der Waals surface area contributed by atoms with Crippen LogP contribution in [0.2, 0.25) is 0 Å². The minimum atomic E-state index is -4.77. The molecule has 0 fully saturated rings. The summed E-state index contributed by atoms with van der Waals surface area (Å²) >= 11 is 0. The van der Waals surface area contributed by atoms with Gasteiger partial charge in [0.15, 0.2) is 0 Å². The molecule has 0 radical (unpaired) electrons. The Morgan fingerprint density at radius 1 is 1.35 bits per heavy atom. The number of carboxylic acids is 1. The number of alkyl halides is 3. The van der Waals surface area contributed by atoms with Crippen LogP contribution < -0.4 is 0 Å². The molecule has 0 aliphatic rings. The SMILES string of the molecule is CC(C)N(C)C(=O)Cn1cc(C(=O)O)c(C(F)(F)F)c1. The summed E-state index contributed by atoms with van der Waals surface area (Å²) in [6.45, 7) is 3.18. The smallest absolute Gasteiger partial charge is 0.418 e. The molecule has 1 aromatic heterocycles. The van der Waals surface area contributed by atoms with Crippen LogP contribution >= 0.6 is 0 Å². The number of amides is 1. The molecule has 0 saturated carbocycles. The zero-order chi connectivity index (χ0) is 15.7. The summed E-state index contributed by atoms with van der Waals surface area (Å²) in [5.41, 5.74) is -2.12. The van der Waals surface area contributed by atoms with Crippen molar-refractivity contribution in [3.8, 4) is 0 Å². The van der Waals surface area contributed by atoms with Crippen LogP contribution in [0.3, 0.4) is 0 Å². The van der Waals surface area contributed by atoms with Gasteiger partial charge in [0.1, 0.15) is 6.54 Å². The molecule has 0 aromatic carbocycles. The minimum Gasteiger partial charge on any atom is -0.478 e. The molecule has 8 heteroatoms. The number of carbonyl (C=O) groups is 2. The van der Waals surface area contributed by atoms with Crippen LogP contribution in [0.1, 0.15) is 29.8 Å². The van der Waals surface area contributed by atoms with Crippen molar-refractivity contribution in [2.24, 2.45) is 0 Å². The summed E-state index contributed by atoms with van der Waals surface area (Å²) in [5.74, 6) is -2.08. The van der Waals surface area contributed by atoms with E-state index in [0.717, 1.165) is 10.8 Å². The van der Waals surface area contributed by atoms with Crippen molar-refractivity contribution in [1.82, 2.24) is 9.47 Å². The summed E-state index contributed by atoms with van der Waals surface area (Å²) in [7, 11) is 1.53. The van der Waals surface area contributed by atoms with Gasteiger partial charge in [-0.25, -0.2) is 4.79 Å². The highest BCUT2D eigenvalue weighted by atomic mass is 19.4. The highest BCUT2D eigenvalue weighted by Crippen LogP contribution is 2.32. The summed E-state index contributed by atoms with van der Waals surface area (Å²) in [4.78, 5) is 23.9. The van der Waals surface area contributed by atoms with E-state index in [9.17, 15) is 22.8 Å². The fraction of sp³-hybridized carbons (Fsp3) is 0.500. The van der Waals surface area contributed by atoms with Crippen LogP contribution in [-0.2, 0) is 17.5 Å². The quantitative estimate of drug-likeness (QED) is 0.924. The Morgan fingerprint density at radius 3 is 2.25 bits per heavy atom. The van der Waals surface area contributed by atoms with Gasteiger partial charge < -0.3 is 14.6 Å². The molecule has 0 aliphatic carbocycles.